The molecule has 1 aromatic heterocycles. The molecule has 0 saturated carbocycles. The largest absolute Gasteiger partial charge is 0.371 e. The summed E-state index contributed by atoms with van der Waals surface area (Å²) in [4.78, 5) is 25.9. The van der Waals surface area contributed by atoms with E-state index in [-0.39, 0.29) is 17.7 Å². The first-order valence-electron chi connectivity index (χ1n) is 7.82. The van der Waals surface area contributed by atoms with Crippen LogP contribution >= 0.6 is 11.5 Å². The number of aromatic nitrogens is 2. The number of nitrogens with zero attached hydrogens (tertiary/aromatic N) is 3. The molecule has 1 fully saturated rings. The smallest absolute Gasteiger partial charge is 0.264 e. The molecule has 2 aromatic rings. The first-order valence-corrected chi connectivity index (χ1v) is 8.59. The van der Waals surface area contributed by atoms with E-state index >= 15 is 0 Å². The highest BCUT2D eigenvalue weighted by molar-refractivity contribution is 7.07. The summed E-state index contributed by atoms with van der Waals surface area (Å²) < 4.78 is 3.67. The fourth-order valence-corrected chi connectivity index (χ4v) is 3.24. The van der Waals surface area contributed by atoms with Crippen LogP contribution in [0.15, 0.2) is 30.5 Å². The number of hydrogen-bond donors (Lipinski definition) is 2. The molecule has 0 radical (unpaired) electrons. The van der Waals surface area contributed by atoms with E-state index in [2.05, 4.69) is 19.8 Å². The Balaban J connectivity index is 1.57. The Hall–Kier alpha value is -2.48. The highest BCUT2D eigenvalue weighted by Crippen LogP contribution is 2.23. The molecular formula is C16H19N5O2S. The van der Waals surface area contributed by atoms with Gasteiger partial charge in [-0.1, -0.05) is 16.6 Å². The lowest BCUT2D eigenvalue weighted by molar-refractivity contribution is -0.122. The predicted molar refractivity (Wildman–Crippen MR) is 91.7 cm³/mol. The quantitative estimate of drug-likeness (QED) is 0.847. The first kappa shape index (κ1) is 16.4. The van der Waals surface area contributed by atoms with E-state index in [4.69, 9.17) is 5.73 Å². The maximum atomic E-state index is 11.9. The zero-order valence-electron chi connectivity index (χ0n) is 13.1. The summed E-state index contributed by atoms with van der Waals surface area (Å²) in [6, 6.07) is 7.99. The van der Waals surface area contributed by atoms with Gasteiger partial charge in [0.25, 0.3) is 5.91 Å². The number of carbonyl (C=O) groups is 2. The monoisotopic (exact) mass is 345 g/mol. The van der Waals surface area contributed by atoms with Crippen molar-refractivity contribution in [3.8, 4) is 0 Å². The Morgan fingerprint density at radius 1 is 1.33 bits per heavy atom. The Morgan fingerprint density at radius 3 is 2.79 bits per heavy atom. The van der Waals surface area contributed by atoms with Crippen LogP contribution in [0.4, 0.5) is 5.69 Å². The number of nitrogens with one attached hydrogen (secondary N) is 1. The average molecular weight is 345 g/mol. The van der Waals surface area contributed by atoms with E-state index in [0.717, 1.165) is 42.2 Å². The normalized spacial score (nSPS) is 17.5. The third-order valence-electron chi connectivity index (χ3n) is 4.16. The van der Waals surface area contributed by atoms with Gasteiger partial charge in [-0.05, 0) is 42.1 Å². The van der Waals surface area contributed by atoms with Crippen LogP contribution in [-0.2, 0) is 11.3 Å². The molecule has 3 N–H and O–H groups in total. The molecule has 1 aliphatic heterocycles. The maximum absolute atomic E-state index is 11.9. The Kier molecular flexibility index (Phi) is 5.05. The standard InChI is InChI=1S/C16H19N5O2S/c17-15(22)12-2-1-7-21(10-12)13-5-3-11(4-6-13)8-18-16(23)14-9-19-20-24-14/h3-6,9,12H,1-2,7-8,10H2,(H2,17,22)(H,18,23)/t12-/m1/s1. The van der Waals surface area contributed by atoms with Crippen LogP contribution in [0.3, 0.4) is 0 Å². The van der Waals surface area contributed by atoms with Crippen molar-refractivity contribution in [2.45, 2.75) is 19.4 Å². The topological polar surface area (TPSA) is 101 Å². The lowest BCUT2D eigenvalue weighted by Gasteiger charge is -2.33. The number of rotatable bonds is 5. The van der Waals surface area contributed by atoms with Crippen LogP contribution in [-0.4, -0.2) is 34.5 Å². The van der Waals surface area contributed by atoms with Gasteiger partial charge in [0, 0.05) is 25.3 Å². The second-order valence-corrected chi connectivity index (χ2v) is 6.60. The fraction of sp³-hybridized carbons (Fsp3) is 0.375. The molecule has 7 nitrogen and oxygen atoms in total. The number of amides is 2. The van der Waals surface area contributed by atoms with Crippen LogP contribution in [0.25, 0.3) is 0 Å². The maximum Gasteiger partial charge on any atom is 0.264 e. The molecule has 8 heteroatoms. The van der Waals surface area contributed by atoms with Gasteiger partial charge >= 0.3 is 0 Å². The van der Waals surface area contributed by atoms with Gasteiger partial charge in [-0.25, -0.2) is 0 Å². The van der Waals surface area contributed by atoms with Crippen LogP contribution in [0, 0.1) is 5.92 Å². The molecule has 0 unspecified atom stereocenters. The molecule has 126 valence electrons. The molecule has 0 bridgehead atoms. The van der Waals surface area contributed by atoms with Crippen LogP contribution < -0.4 is 16.0 Å². The summed E-state index contributed by atoms with van der Waals surface area (Å²) in [5, 5.41) is 6.49. The van der Waals surface area contributed by atoms with Crippen LogP contribution in [0.2, 0.25) is 0 Å². The van der Waals surface area contributed by atoms with Crippen LogP contribution in [0.1, 0.15) is 28.1 Å². The predicted octanol–water partition coefficient (Wildman–Crippen LogP) is 1.17. The van der Waals surface area contributed by atoms with E-state index in [1.165, 1.54) is 6.20 Å². The lowest BCUT2D eigenvalue weighted by atomic mass is 9.97. The van der Waals surface area contributed by atoms with E-state index in [1.54, 1.807) is 0 Å². The van der Waals surface area contributed by atoms with Gasteiger partial charge in [0.2, 0.25) is 5.91 Å². The SMILES string of the molecule is NC(=O)[C@@H]1CCCN(c2ccc(CNC(=O)c3cnns3)cc2)C1. The highest BCUT2D eigenvalue weighted by Gasteiger charge is 2.24. The fourth-order valence-electron chi connectivity index (χ4n) is 2.81. The van der Waals surface area contributed by atoms with Crippen molar-refractivity contribution in [3.05, 3.63) is 40.9 Å². The summed E-state index contributed by atoms with van der Waals surface area (Å²) in [6.45, 7) is 2.04. The molecule has 1 aliphatic rings. The van der Waals surface area contributed by atoms with E-state index in [1.807, 2.05) is 24.3 Å². The Labute approximate surface area is 144 Å². The molecule has 2 amide bonds. The number of hydrogen-bond acceptors (Lipinski definition) is 6. The summed E-state index contributed by atoms with van der Waals surface area (Å²) in [7, 11) is 0. The van der Waals surface area contributed by atoms with Crippen molar-refractivity contribution < 1.29 is 9.59 Å². The van der Waals surface area contributed by atoms with E-state index in [0.29, 0.717) is 18.0 Å². The Bertz CT molecular complexity index is 702. The minimum atomic E-state index is -0.225. The van der Waals surface area contributed by atoms with Crippen molar-refractivity contribution in [2.75, 3.05) is 18.0 Å². The van der Waals surface area contributed by atoms with Gasteiger partial charge in [-0.3, -0.25) is 9.59 Å². The van der Waals surface area contributed by atoms with Gasteiger partial charge in [-0.15, -0.1) is 5.10 Å². The molecule has 1 atom stereocenters. The number of primary amides is 1. The molecule has 1 aromatic carbocycles. The summed E-state index contributed by atoms with van der Waals surface area (Å²) in [5.74, 6) is -0.475. The second kappa shape index (κ2) is 7.39. The van der Waals surface area contributed by atoms with E-state index < -0.39 is 0 Å². The summed E-state index contributed by atoms with van der Waals surface area (Å²) in [5.41, 5.74) is 7.51. The average Bonchev–Trinajstić information content (AvgIpc) is 3.15. The molecular weight excluding hydrogens is 326 g/mol. The number of benzene rings is 1. The molecule has 0 spiro atoms. The van der Waals surface area contributed by atoms with Gasteiger partial charge in [0.1, 0.15) is 4.88 Å². The minimum Gasteiger partial charge on any atom is -0.371 e. The van der Waals surface area contributed by atoms with Crippen molar-refractivity contribution in [1.82, 2.24) is 14.9 Å². The number of carbonyl (C=O) groups excluding carboxylic acids is 2. The van der Waals surface area contributed by atoms with Gasteiger partial charge in [0.15, 0.2) is 0 Å². The summed E-state index contributed by atoms with van der Waals surface area (Å²) >= 11 is 1.07. The van der Waals surface area contributed by atoms with E-state index in [9.17, 15) is 9.59 Å². The zero-order chi connectivity index (χ0) is 16.9. The lowest BCUT2D eigenvalue weighted by Crippen LogP contribution is -2.41. The number of piperidine rings is 1. The molecule has 1 saturated heterocycles. The minimum absolute atomic E-state index is 0.0780. The zero-order valence-corrected chi connectivity index (χ0v) is 14.0. The molecule has 24 heavy (non-hydrogen) atoms. The van der Waals surface area contributed by atoms with Crippen molar-refractivity contribution in [2.24, 2.45) is 11.7 Å². The molecule has 3 rings (SSSR count). The van der Waals surface area contributed by atoms with Gasteiger partial charge in [0.05, 0.1) is 12.1 Å². The number of anilines is 1. The summed E-state index contributed by atoms with van der Waals surface area (Å²) in [6.07, 6.45) is 3.28. The van der Waals surface area contributed by atoms with Crippen LogP contribution in [0.5, 0.6) is 0 Å². The highest BCUT2D eigenvalue weighted by atomic mass is 32.1. The molecule has 2 heterocycles. The Morgan fingerprint density at radius 2 is 2.12 bits per heavy atom. The van der Waals surface area contributed by atoms with Crippen molar-refractivity contribution in [1.29, 1.82) is 0 Å². The van der Waals surface area contributed by atoms with Crippen molar-refractivity contribution >= 4 is 29.0 Å². The molecule has 0 aliphatic carbocycles. The van der Waals surface area contributed by atoms with Crippen molar-refractivity contribution in [3.63, 3.8) is 0 Å². The third-order valence-corrected chi connectivity index (χ3v) is 4.83. The third kappa shape index (κ3) is 3.88. The number of nitrogens with two attached hydrogens (primary N) is 1. The second-order valence-electron chi connectivity index (χ2n) is 5.82. The van der Waals surface area contributed by atoms with Gasteiger partial charge in [-0.2, -0.15) is 0 Å². The first-order chi connectivity index (χ1) is 11.6. The van der Waals surface area contributed by atoms with Gasteiger partial charge < -0.3 is 16.0 Å².